The molecule has 3 rings (SSSR count). The molecule has 2 aromatic carbocycles. The molecule has 0 aliphatic carbocycles. The molecule has 0 saturated carbocycles. The van der Waals surface area contributed by atoms with Gasteiger partial charge in [-0.1, -0.05) is 11.6 Å². The number of benzene rings is 2. The Morgan fingerprint density at radius 3 is 2.58 bits per heavy atom. The Morgan fingerprint density at radius 2 is 1.92 bits per heavy atom. The molecule has 1 unspecified atom stereocenters. The first kappa shape index (κ1) is 18.2. The van der Waals surface area contributed by atoms with Crippen LogP contribution in [0.15, 0.2) is 42.5 Å². The normalized spacial score (nSPS) is 16.3. The van der Waals surface area contributed by atoms with E-state index in [9.17, 15) is 9.59 Å². The second-order valence-electron chi connectivity index (χ2n) is 5.92. The summed E-state index contributed by atoms with van der Waals surface area (Å²) in [5.41, 5.74) is 0.896. The maximum absolute atomic E-state index is 12.4. The van der Waals surface area contributed by atoms with Crippen LogP contribution in [0.25, 0.3) is 0 Å². The number of halogens is 1. The van der Waals surface area contributed by atoms with Gasteiger partial charge in [-0.05, 0) is 55.3 Å². The molecule has 0 bridgehead atoms. The summed E-state index contributed by atoms with van der Waals surface area (Å²) in [7, 11) is 0. The number of amides is 1. The lowest BCUT2D eigenvalue weighted by molar-refractivity contribution is 0.0681. The van der Waals surface area contributed by atoms with E-state index in [0.717, 1.165) is 19.4 Å². The number of aromatic carboxylic acids is 1. The fraction of sp³-hybridized carbons (Fsp3) is 0.263. The molecule has 1 fully saturated rings. The number of carbonyl (C=O) groups excluding carboxylic acids is 1. The van der Waals surface area contributed by atoms with Gasteiger partial charge < -0.3 is 19.9 Å². The summed E-state index contributed by atoms with van der Waals surface area (Å²) >= 11 is 6.03. The number of hydrogen-bond donors (Lipinski definition) is 2. The van der Waals surface area contributed by atoms with E-state index >= 15 is 0 Å². The average Bonchev–Trinajstić information content (AvgIpc) is 3.14. The van der Waals surface area contributed by atoms with E-state index in [1.54, 1.807) is 18.2 Å². The van der Waals surface area contributed by atoms with Gasteiger partial charge in [0.15, 0.2) is 0 Å². The highest BCUT2D eigenvalue weighted by Gasteiger charge is 2.18. The molecule has 0 radical (unpaired) electrons. The van der Waals surface area contributed by atoms with Crippen molar-refractivity contribution in [2.24, 2.45) is 0 Å². The molecule has 7 heteroatoms. The van der Waals surface area contributed by atoms with Gasteiger partial charge >= 0.3 is 5.97 Å². The Bertz CT molecular complexity index is 800. The standard InChI is InChI=1S/C19H18ClNO5/c20-14-7-8-17(26-11-15-2-1-9-25-15)16(10-14)21-18(22)12-3-5-13(6-4-12)19(23)24/h3-8,10,15H,1-2,9,11H2,(H,21,22)(H,23,24). The quantitative estimate of drug-likeness (QED) is 0.801. The van der Waals surface area contributed by atoms with Crippen molar-refractivity contribution in [2.45, 2.75) is 18.9 Å². The van der Waals surface area contributed by atoms with Crippen molar-refractivity contribution in [3.8, 4) is 5.75 Å². The number of carboxylic acids is 1. The van der Waals surface area contributed by atoms with E-state index in [2.05, 4.69) is 5.32 Å². The van der Waals surface area contributed by atoms with Crippen molar-refractivity contribution in [3.63, 3.8) is 0 Å². The molecular weight excluding hydrogens is 358 g/mol. The van der Waals surface area contributed by atoms with Crippen LogP contribution in [-0.2, 0) is 4.74 Å². The number of nitrogens with one attached hydrogen (secondary N) is 1. The second kappa shape index (κ2) is 8.21. The summed E-state index contributed by atoms with van der Waals surface area (Å²) in [5.74, 6) is -0.928. The molecule has 1 saturated heterocycles. The van der Waals surface area contributed by atoms with Crippen molar-refractivity contribution in [3.05, 3.63) is 58.6 Å². The van der Waals surface area contributed by atoms with Gasteiger partial charge in [-0.3, -0.25) is 4.79 Å². The van der Waals surface area contributed by atoms with Crippen LogP contribution in [0.1, 0.15) is 33.6 Å². The van der Waals surface area contributed by atoms with Crippen molar-refractivity contribution in [1.29, 1.82) is 0 Å². The van der Waals surface area contributed by atoms with Crippen molar-refractivity contribution >= 4 is 29.2 Å². The third-order valence-electron chi connectivity index (χ3n) is 4.03. The Hall–Kier alpha value is -2.57. The van der Waals surface area contributed by atoms with Crippen molar-refractivity contribution in [2.75, 3.05) is 18.5 Å². The molecule has 0 aromatic heterocycles. The van der Waals surface area contributed by atoms with E-state index in [1.165, 1.54) is 24.3 Å². The Kier molecular flexibility index (Phi) is 5.75. The highest BCUT2D eigenvalue weighted by Crippen LogP contribution is 2.29. The molecule has 1 heterocycles. The first-order valence-electron chi connectivity index (χ1n) is 8.21. The van der Waals surface area contributed by atoms with Crippen LogP contribution >= 0.6 is 11.6 Å². The molecule has 2 N–H and O–H groups in total. The maximum atomic E-state index is 12.4. The lowest BCUT2D eigenvalue weighted by Gasteiger charge is -2.15. The molecule has 136 valence electrons. The fourth-order valence-electron chi connectivity index (χ4n) is 2.64. The number of hydrogen-bond acceptors (Lipinski definition) is 4. The highest BCUT2D eigenvalue weighted by atomic mass is 35.5. The minimum absolute atomic E-state index is 0.0535. The Balaban J connectivity index is 1.71. The van der Waals surface area contributed by atoms with Crippen LogP contribution in [0.4, 0.5) is 5.69 Å². The largest absolute Gasteiger partial charge is 0.489 e. The predicted molar refractivity (Wildman–Crippen MR) is 97.3 cm³/mol. The lowest BCUT2D eigenvalue weighted by atomic mass is 10.1. The molecule has 1 aliphatic rings. The molecule has 1 atom stereocenters. The van der Waals surface area contributed by atoms with Gasteiger partial charge in [-0.15, -0.1) is 0 Å². The summed E-state index contributed by atoms with van der Waals surface area (Å²) in [4.78, 5) is 23.3. The van der Waals surface area contributed by atoms with E-state index in [4.69, 9.17) is 26.2 Å². The minimum Gasteiger partial charge on any atom is -0.489 e. The number of rotatable bonds is 6. The van der Waals surface area contributed by atoms with Crippen LogP contribution in [0.3, 0.4) is 0 Å². The highest BCUT2D eigenvalue weighted by molar-refractivity contribution is 6.31. The number of carboxylic acid groups (broad SMARTS) is 1. The summed E-state index contributed by atoms with van der Waals surface area (Å²) in [5, 5.41) is 12.1. The SMILES string of the molecule is O=C(O)c1ccc(C(=O)Nc2cc(Cl)ccc2OCC2CCCO2)cc1. The monoisotopic (exact) mass is 375 g/mol. The molecule has 1 amide bonds. The zero-order chi connectivity index (χ0) is 18.5. The minimum atomic E-state index is -1.04. The maximum Gasteiger partial charge on any atom is 0.335 e. The second-order valence-corrected chi connectivity index (χ2v) is 6.36. The topological polar surface area (TPSA) is 84.9 Å². The Labute approximate surface area is 155 Å². The smallest absolute Gasteiger partial charge is 0.335 e. The van der Waals surface area contributed by atoms with E-state index in [0.29, 0.717) is 28.6 Å². The number of ether oxygens (including phenoxy) is 2. The van der Waals surface area contributed by atoms with Gasteiger partial charge in [-0.2, -0.15) is 0 Å². The molecule has 6 nitrogen and oxygen atoms in total. The number of carbonyl (C=O) groups is 2. The van der Waals surface area contributed by atoms with Crippen molar-refractivity contribution in [1.82, 2.24) is 0 Å². The van der Waals surface area contributed by atoms with E-state index in [-0.39, 0.29) is 17.6 Å². The molecule has 0 spiro atoms. The average molecular weight is 376 g/mol. The molecule has 26 heavy (non-hydrogen) atoms. The zero-order valence-corrected chi connectivity index (χ0v) is 14.7. The summed E-state index contributed by atoms with van der Waals surface area (Å²) in [6.07, 6.45) is 2.02. The van der Waals surface area contributed by atoms with Crippen LogP contribution in [0, 0.1) is 0 Å². The summed E-state index contributed by atoms with van der Waals surface area (Å²) in [6.45, 7) is 1.14. The predicted octanol–water partition coefficient (Wildman–Crippen LogP) is 3.85. The van der Waals surface area contributed by atoms with E-state index in [1.807, 2.05) is 0 Å². The summed E-state index contributed by atoms with van der Waals surface area (Å²) in [6, 6.07) is 10.7. The molecule has 2 aromatic rings. The fourth-order valence-corrected chi connectivity index (χ4v) is 2.82. The van der Waals surface area contributed by atoms with Gasteiger partial charge in [0.2, 0.25) is 0 Å². The lowest BCUT2D eigenvalue weighted by Crippen LogP contribution is -2.18. The molecular formula is C19H18ClNO5. The number of anilines is 1. The van der Waals surface area contributed by atoms with Crippen molar-refractivity contribution < 1.29 is 24.2 Å². The summed E-state index contributed by atoms with van der Waals surface area (Å²) < 4.78 is 11.3. The van der Waals surface area contributed by atoms with Crippen LogP contribution < -0.4 is 10.1 Å². The van der Waals surface area contributed by atoms with Gasteiger partial charge in [0.1, 0.15) is 12.4 Å². The van der Waals surface area contributed by atoms with Gasteiger partial charge in [0, 0.05) is 17.2 Å². The van der Waals surface area contributed by atoms with Gasteiger partial charge in [0.05, 0.1) is 17.4 Å². The van der Waals surface area contributed by atoms with Crippen LogP contribution in [-0.4, -0.2) is 36.3 Å². The molecule has 1 aliphatic heterocycles. The third kappa shape index (κ3) is 4.53. The van der Waals surface area contributed by atoms with Gasteiger partial charge in [0.25, 0.3) is 5.91 Å². The first-order valence-corrected chi connectivity index (χ1v) is 8.59. The zero-order valence-electron chi connectivity index (χ0n) is 13.9. The van der Waals surface area contributed by atoms with Gasteiger partial charge in [-0.25, -0.2) is 4.79 Å². The third-order valence-corrected chi connectivity index (χ3v) is 4.27. The van der Waals surface area contributed by atoms with Crippen LogP contribution in [0.2, 0.25) is 5.02 Å². The Morgan fingerprint density at radius 1 is 1.19 bits per heavy atom. The van der Waals surface area contributed by atoms with E-state index < -0.39 is 5.97 Å². The first-order chi connectivity index (χ1) is 12.5. The van der Waals surface area contributed by atoms with Crippen LogP contribution in [0.5, 0.6) is 5.75 Å².